The number of rotatable bonds is 2. The van der Waals surface area contributed by atoms with Crippen molar-refractivity contribution in [2.75, 3.05) is 11.1 Å². The highest BCUT2D eigenvalue weighted by Crippen LogP contribution is 2.21. The number of benzene rings is 2. The van der Waals surface area contributed by atoms with Gasteiger partial charge in [0.1, 0.15) is 0 Å². The number of nitrogens with two attached hydrogens (primary N) is 1. The van der Waals surface area contributed by atoms with Crippen molar-refractivity contribution in [1.82, 2.24) is 9.97 Å². The molecule has 6 heteroatoms. The molecule has 0 radical (unpaired) electrons. The predicted molar refractivity (Wildman–Crippen MR) is 83.4 cm³/mol. The molecular weight excluding hydrogens is 288 g/mol. The maximum Gasteiger partial charge on any atom is 0.257 e. The van der Waals surface area contributed by atoms with Crippen molar-refractivity contribution >= 4 is 39.9 Å². The molecule has 0 unspecified atom stereocenters. The van der Waals surface area contributed by atoms with Crippen LogP contribution >= 0.6 is 11.6 Å². The Kier molecular flexibility index (Phi) is 3.41. The first kappa shape index (κ1) is 13.3. The number of fused-ring (bicyclic) bond motifs is 1. The highest BCUT2D eigenvalue weighted by molar-refractivity contribution is 6.34. The van der Waals surface area contributed by atoms with Crippen molar-refractivity contribution in [3.05, 3.63) is 59.4 Å². The van der Waals surface area contributed by atoms with Gasteiger partial charge in [0.2, 0.25) is 0 Å². The van der Waals surface area contributed by atoms with E-state index in [1.54, 1.807) is 48.8 Å². The lowest BCUT2D eigenvalue weighted by Crippen LogP contribution is -2.12. The largest absolute Gasteiger partial charge is 0.399 e. The lowest BCUT2D eigenvalue weighted by atomic mass is 10.2. The predicted octanol–water partition coefficient (Wildman–Crippen LogP) is 3.12. The van der Waals surface area contributed by atoms with E-state index in [9.17, 15) is 4.79 Å². The van der Waals surface area contributed by atoms with Gasteiger partial charge in [0.05, 0.1) is 21.6 Å². The van der Waals surface area contributed by atoms with Gasteiger partial charge in [-0.1, -0.05) is 11.6 Å². The Morgan fingerprint density at radius 2 is 1.81 bits per heavy atom. The van der Waals surface area contributed by atoms with Gasteiger partial charge in [0.25, 0.3) is 5.91 Å². The number of amides is 1. The van der Waals surface area contributed by atoms with Gasteiger partial charge in [0.15, 0.2) is 0 Å². The highest BCUT2D eigenvalue weighted by Gasteiger charge is 2.11. The minimum absolute atomic E-state index is 0.303. The SMILES string of the molecule is Nc1ccc(C(=O)Nc2ccc3nccnc3c2)c(Cl)c1. The Morgan fingerprint density at radius 1 is 1.05 bits per heavy atom. The van der Waals surface area contributed by atoms with Crippen LogP contribution in [0.1, 0.15) is 10.4 Å². The number of aromatic nitrogens is 2. The van der Waals surface area contributed by atoms with E-state index in [0.29, 0.717) is 27.5 Å². The molecule has 3 rings (SSSR count). The van der Waals surface area contributed by atoms with Gasteiger partial charge in [-0.05, 0) is 36.4 Å². The fourth-order valence-corrected chi connectivity index (χ4v) is 2.23. The summed E-state index contributed by atoms with van der Waals surface area (Å²) in [5.41, 5.74) is 8.59. The first-order chi connectivity index (χ1) is 10.1. The molecular formula is C15H11ClN4O. The Balaban J connectivity index is 1.89. The fraction of sp³-hybridized carbons (Fsp3) is 0. The average Bonchev–Trinajstić information content (AvgIpc) is 2.47. The van der Waals surface area contributed by atoms with Gasteiger partial charge in [-0.3, -0.25) is 14.8 Å². The normalized spacial score (nSPS) is 10.5. The molecule has 2 aromatic carbocycles. The van der Waals surface area contributed by atoms with Crippen molar-refractivity contribution in [3.63, 3.8) is 0 Å². The second-order valence-electron chi connectivity index (χ2n) is 4.45. The molecule has 0 bridgehead atoms. The zero-order valence-corrected chi connectivity index (χ0v) is 11.6. The summed E-state index contributed by atoms with van der Waals surface area (Å²) in [7, 11) is 0. The third-order valence-electron chi connectivity index (χ3n) is 2.96. The van der Waals surface area contributed by atoms with Crippen molar-refractivity contribution in [3.8, 4) is 0 Å². The van der Waals surface area contributed by atoms with E-state index in [0.717, 1.165) is 5.52 Å². The Labute approximate surface area is 125 Å². The van der Waals surface area contributed by atoms with Crippen molar-refractivity contribution < 1.29 is 4.79 Å². The molecule has 3 N–H and O–H groups in total. The standard InChI is InChI=1S/C15H11ClN4O/c16-12-7-9(17)1-3-11(12)15(21)20-10-2-4-13-14(8-10)19-6-5-18-13/h1-8H,17H2,(H,20,21). The minimum atomic E-state index is -0.303. The molecule has 0 aliphatic rings. The Hall–Kier alpha value is -2.66. The lowest BCUT2D eigenvalue weighted by Gasteiger charge is -2.08. The Bertz CT molecular complexity index is 835. The number of halogens is 1. The van der Waals surface area contributed by atoms with Gasteiger partial charge < -0.3 is 11.1 Å². The van der Waals surface area contributed by atoms with Crippen LogP contribution in [0.4, 0.5) is 11.4 Å². The van der Waals surface area contributed by atoms with E-state index >= 15 is 0 Å². The molecule has 5 nitrogen and oxygen atoms in total. The van der Waals surface area contributed by atoms with E-state index in [1.807, 2.05) is 0 Å². The van der Waals surface area contributed by atoms with E-state index in [4.69, 9.17) is 17.3 Å². The molecule has 1 amide bonds. The van der Waals surface area contributed by atoms with E-state index < -0.39 is 0 Å². The molecule has 0 saturated heterocycles. The molecule has 1 aromatic heterocycles. The van der Waals surface area contributed by atoms with Crippen LogP contribution in [0, 0.1) is 0 Å². The summed E-state index contributed by atoms with van der Waals surface area (Å²) in [4.78, 5) is 20.6. The topological polar surface area (TPSA) is 80.9 Å². The molecule has 0 spiro atoms. The number of nitrogens with one attached hydrogen (secondary N) is 1. The summed E-state index contributed by atoms with van der Waals surface area (Å²) < 4.78 is 0. The Morgan fingerprint density at radius 3 is 2.57 bits per heavy atom. The molecule has 0 saturated carbocycles. The lowest BCUT2D eigenvalue weighted by molar-refractivity contribution is 0.102. The van der Waals surface area contributed by atoms with Crippen LogP contribution < -0.4 is 11.1 Å². The fourth-order valence-electron chi connectivity index (χ4n) is 1.95. The van der Waals surface area contributed by atoms with Crippen LogP contribution in [-0.2, 0) is 0 Å². The third-order valence-corrected chi connectivity index (χ3v) is 3.28. The summed E-state index contributed by atoms with van der Waals surface area (Å²) in [6.45, 7) is 0. The number of hydrogen-bond donors (Lipinski definition) is 2. The van der Waals surface area contributed by atoms with Gasteiger partial charge in [-0.2, -0.15) is 0 Å². The maximum absolute atomic E-state index is 12.2. The van der Waals surface area contributed by atoms with Gasteiger partial charge in [-0.25, -0.2) is 0 Å². The highest BCUT2D eigenvalue weighted by atomic mass is 35.5. The average molecular weight is 299 g/mol. The van der Waals surface area contributed by atoms with Crippen molar-refractivity contribution in [2.45, 2.75) is 0 Å². The summed E-state index contributed by atoms with van der Waals surface area (Å²) in [5.74, 6) is -0.303. The van der Waals surface area contributed by atoms with E-state index in [1.165, 1.54) is 0 Å². The smallest absolute Gasteiger partial charge is 0.257 e. The van der Waals surface area contributed by atoms with Gasteiger partial charge >= 0.3 is 0 Å². The van der Waals surface area contributed by atoms with Crippen molar-refractivity contribution in [1.29, 1.82) is 0 Å². The number of nitrogen functional groups attached to an aromatic ring is 1. The summed E-state index contributed by atoms with van der Waals surface area (Å²) in [6, 6.07) is 10.1. The molecule has 3 aromatic rings. The van der Waals surface area contributed by atoms with Gasteiger partial charge in [-0.15, -0.1) is 0 Å². The second-order valence-corrected chi connectivity index (χ2v) is 4.86. The second kappa shape index (κ2) is 5.38. The summed E-state index contributed by atoms with van der Waals surface area (Å²) in [6.07, 6.45) is 3.22. The molecule has 0 fully saturated rings. The van der Waals surface area contributed by atoms with Crippen LogP contribution in [0.15, 0.2) is 48.8 Å². The number of carbonyl (C=O) groups excluding carboxylic acids is 1. The molecule has 104 valence electrons. The first-order valence-electron chi connectivity index (χ1n) is 6.20. The quantitative estimate of drug-likeness (QED) is 0.712. The van der Waals surface area contributed by atoms with Gasteiger partial charge in [0, 0.05) is 23.8 Å². The minimum Gasteiger partial charge on any atom is -0.399 e. The van der Waals surface area contributed by atoms with E-state index in [-0.39, 0.29) is 5.91 Å². The number of anilines is 2. The third kappa shape index (κ3) is 2.78. The van der Waals surface area contributed by atoms with Crippen LogP contribution in [0.5, 0.6) is 0 Å². The van der Waals surface area contributed by atoms with Crippen LogP contribution in [0.2, 0.25) is 5.02 Å². The summed E-state index contributed by atoms with van der Waals surface area (Å²) >= 11 is 6.02. The zero-order valence-electron chi connectivity index (χ0n) is 10.9. The monoisotopic (exact) mass is 298 g/mol. The number of hydrogen-bond acceptors (Lipinski definition) is 4. The molecule has 0 aliphatic carbocycles. The van der Waals surface area contributed by atoms with E-state index in [2.05, 4.69) is 15.3 Å². The van der Waals surface area contributed by atoms with Crippen molar-refractivity contribution in [2.24, 2.45) is 0 Å². The first-order valence-corrected chi connectivity index (χ1v) is 6.58. The molecule has 1 heterocycles. The molecule has 0 aliphatic heterocycles. The van der Waals surface area contributed by atoms with Crippen LogP contribution in [0.3, 0.4) is 0 Å². The summed E-state index contributed by atoms with van der Waals surface area (Å²) in [5, 5.41) is 3.09. The number of carbonyl (C=O) groups is 1. The number of nitrogens with zero attached hydrogens (tertiary/aromatic N) is 2. The van der Waals surface area contributed by atoms with Crippen LogP contribution in [-0.4, -0.2) is 15.9 Å². The molecule has 0 atom stereocenters. The zero-order chi connectivity index (χ0) is 14.8. The molecule has 21 heavy (non-hydrogen) atoms. The maximum atomic E-state index is 12.2. The van der Waals surface area contributed by atoms with Crippen LogP contribution in [0.25, 0.3) is 11.0 Å².